The van der Waals surface area contributed by atoms with Crippen molar-refractivity contribution in [2.75, 3.05) is 0 Å². The summed E-state index contributed by atoms with van der Waals surface area (Å²) in [4.78, 5) is 15.6. The average molecular weight is 648 g/mol. The van der Waals surface area contributed by atoms with Crippen molar-refractivity contribution in [3.05, 3.63) is 198 Å². The van der Waals surface area contributed by atoms with Gasteiger partial charge in [-0.2, -0.15) is 0 Å². The van der Waals surface area contributed by atoms with Gasteiger partial charge in [0.15, 0.2) is 17.5 Å². The van der Waals surface area contributed by atoms with Crippen LogP contribution in [0.15, 0.2) is 176 Å². The van der Waals surface area contributed by atoms with E-state index in [0.29, 0.717) is 17.5 Å². The van der Waals surface area contributed by atoms with Gasteiger partial charge in [-0.15, -0.1) is 0 Å². The smallest absolute Gasteiger partial charge is 0.164 e. The third-order valence-electron chi connectivity index (χ3n) is 10.9. The molecule has 0 amide bonds. The van der Waals surface area contributed by atoms with Crippen molar-refractivity contribution in [2.24, 2.45) is 0 Å². The Bertz CT molecular complexity index is 2780. The summed E-state index contributed by atoms with van der Waals surface area (Å²) in [5, 5.41) is 5.26. The molecule has 0 atom stereocenters. The second-order valence-electron chi connectivity index (χ2n) is 13.5. The molecular formula is C48H29N3. The van der Waals surface area contributed by atoms with Gasteiger partial charge in [0.25, 0.3) is 0 Å². The van der Waals surface area contributed by atoms with E-state index in [0.717, 1.165) is 22.3 Å². The Labute approximate surface area is 295 Å². The van der Waals surface area contributed by atoms with Crippen molar-refractivity contribution in [1.29, 1.82) is 0 Å². The van der Waals surface area contributed by atoms with E-state index in [1.54, 1.807) is 0 Å². The van der Waals surface area contributed by atoms with E-state index in [2.05, 4.69) is 152 Å². The Morgan fingerprint density at radius 2 is 0.745 bits per heavy atom. The Kier molecular flexibility index (Phi) is 5.88. The van der Waals surface area contributed by atoms with Crippen LogP contribution in [0, 0.1) is 0 Å². The first kappa shape index (κ1) is 28.2. The predicted molar refractivity (Wildman–Crippen MR) is 207 cm³/mol. The van der Waals surface area contributed by atoms with Crippen LogP contribution in [0.2, 0.25) is 0 Å². The minimum Gasteiger partial charge on any atom is -0.208 e. The summed E-state index contributed by atoms with van der Waals surface area (Å²) in [7, 11) is 0. The van der Waals surface area contributed by atoms with Gasteiger partial charge in [0, 0.05) is 16.7 Å². The highest BCUT2D eigenvalue weighted by Crippen LogP contribution is 2.63. The van der Waals surface area contributed by atoms with Crippen molar-refractivity contribution in [3.63, 3.8) is 0 Å². The molecule has 0 radical (unpaired) electrons. The standard InChI is InChI=1S/C48H29N3/c1-3-12-30(13-4-1)31-24-28-35(29-25-31)46-49-45(34-14-5-2-6-15-34)50-47(51-46)37-19-11-23-41-44(37)36-18-7-8-20-38(36)48(41)39-21-9-16-32-26-27-33-17-10-22-40(48)43(33)42(32)39/h1-29H. The lowest BCUT2D eigenvalue weighted by Gasteiger charge is -2.31. The first-order chi connectivity index (χ1) is 25.3. The lowest BCUT2D eigenvalue weighted by molar-refractivity contribution is 0.797. The molecule has 1 aromatic heterocycles. The maximum atomic E-state index is 5.26. The van der Waals surface area contributed by atoms with Crippen LogP contribution in [-0.2, 0) is 5.41 Å². The van der Waals surface area contributed by atoms with Crippen LogP contribution in [0.25, 0.3) is 78.0 Å². The molecule has 0 N–H and O–H groups in total. The fourth-order valence-electron chi connectivity index (χ4n) is 8.80. The van der Waals surface area contributed by atoms with E-state index in [1.165, 1.54) is 60.5 Å². The van der Waals surface area contributed by atoms with E-state index >= 15 is 0 Å². The molecule has 1 spiro atoms. The molecule has 9 aromatic rings. The zero-order valence-electron chi connectivity index (χ0n) is 27.6. The van der Waals surface area contributed by atoms with Crippen molar-refractivity contribution in [3.8, 4) is 56.4 Å². The molecule has 0 unspecified atom stereocenters. The van der Waals surface area contributed by atoms with Gasteiger partial charge in [-0.3, -0.25) is 0 Å². The quantitative estimate of drug-likeness (QED) is 0.178. The van der Waals surface area contributed by atoms with E-state index in [4.69, 9.17) is 15.0 Å². The molecule has 1 heterocycles. The van der Waals surface area contributed by atoms with Crippen LogP contribution >= 0.6 is 0 Å². The Balaban J connectivity index is 1.17. The van der Waals surface area contributed by atoms with Gasteiger partial charge in [0.2, 0.25) is 0 Å². The van der Waals surface area contributed by atoms with Crippen LogP contribution in [0.3, 0.4) is 0 Å². The highest BCUT2D eigenvalue weighted by Gasteiger charge is 2.51. The Hall–Kier alpha value is -6.71. The largest absolute Gasteiger partial charge is 0.208 e. The topological polar surface area (TPSA) is 38.7 Å². The van der Waals surface area contributed by atoms with Crippen LogP contribution in [-0.4, -0.2) is 15.0 Å². The van der Waals surface area contributed by atoms with E-state index in [1.807, 2.05) is 24.3 Å². The zero-order chi connectivity index (χ0) is 33.5. The van der Waals surface area contributed by atoms with Crippen LogP contribution in [0.5, 0.6) is 0 Å². The fraction of sp³-hybridized carbons (Fsp3) is 0.0208. The number of hydrogen-bond acceptors (Lipinski definition) is 3. The summed E-state index contributed by atoms with van der Waals surface area (Å²) < 4.78 is 0. The SMILES string of the molecule is c1ccc(-c2ccc(-c3nc(-c4ccccc4)nc(-c4cccc5c4-c4ccccc4C54c5cccc6ccc7cccc4c7c56)n3)cc2)cc1. The highest BCUT2D eigenvalue weighted by atomic mass is 15.0. The molecule has 11 rings (SSSR count). The maximum Gasteiger partial charge on any atom is 0.164 e. The number of aromatic nitrogens is 3. The molecule has 8 aromatic carbocycles. The Morgan fingerprint density at radius 1 is 0.294 bits per heavy atom. The summed E-state index contributed by atoms with van der Waals surface area (Å²) in [6.45, 7) is 0. The first-order valence-electron chi connectivity index (χ1n) is 17.5. The molecule has 0 saturated heterocycles. The van der Waals surface area contributed by atoms with Gasteiger partial charge in [-0.05, 0) is 66.1 Å². The summed E-state index contributed by atoms with van der Waals surface area (Å²) in [6.07, 6.45) is 0. The van der Waals surface area contributed by atoms with Gasteiger partial charge in [0.1, 0.15) is 0 Å². The van der Waals surface area contributed by atoms with Crippen molar-refractivity contribution in [2.45, 2.75) is 5.41 Å². The third kappa shape index (κ3) is 3.92. The highest BCUT2D eigenvalue weighted by molar-refractivity contribution is 6.17. The van der Waals surface area contributed by atoms with Gasteiger partial charge in [-0.25, -0.2) is 15.0 Å². The maximum absolute atomic E-state index is 5.26. The lowest BCUT2D eigenvalue weighted by atomic mass is 9.70. The predicted octanol–water partition coefficient (Wildman–Crippen LogP) is 11.5. The van der Waals surface area contributed by atoms with Crippen LogP contribution in [0.1, 0.15) is 22.3 Å². The summed E-state index contributed by atoms with van der Waals surface area (Å²) in [5.74, 6) is 1.98. The molecule has 2 aliphatic rings. The normalized spacial score (nSPS) is 13.3. The van der Waals surface area contributed by atoms with Crippen molar-refractivity contribution >= 4 is 21.5 Å². The molecule has 0 bridgehead atoms. The minimum atomic E-state index is -0.448. The Morgan fingerprint density at radius 3 is 1.41 bits per heavy atom. The first-order valence-corrected chi connectivity index (χ1v) is 17.5. The molecule has 3 heteroatoms. The van der Waals surface area contributed by atoms with E-state index in [9.17, 15) is 0 Å². The van der Waals surface area contributed by atoms with E-state index in [-0.39, 0.29) is 0 Å². The van der Waals surface area contributed by atoms with E-state index < -0.39 is 5.41 Å². The molecule has 0 fully saturated rings. The van der Waals surface area contributed by atoms with Gasteiger partial charge in [0.05, 0.1) is 5.41 Å². The molecule has 236 valence electrons. The number of nitrogens with zero attached hydrogens (tertiary/aromatic N) is 3. The molecular weight excluding hydrogens is 619 g/mol. The number of fused-ring (bicyclic) bond motifs is 7. The molecule has 0 saturated carbocycles. The van der Waals surface area contributed by atoms with Crippen molar-refractivity contribution in [1.82, 2.24) is 15.0 Å². The van der Waals surface area contributed by atoms with Gasteiger partial charge < -0.3 is 0 Å². The number of hydrogen-bond donors (Lipinski definition) is 0. The molecule has 51 heavy (non-hydrogen) atoms. The third-order valence-corrected chi connectivity index (χ3v) is 10.9. The zero-order valence-corrected chi connectivity index (χ0v) is 27.6. The summed E-state index contributed by atoms with van der Waals surface area (Å²) in [6, 6.07) is 63.0. The number of benzene rings is 8. The minimum absolute atomic E-state index is 0.448. The second-order valence-corrected chi connectivity index (χ2v) is 13.5. The van der Waals surface area contributed by atoms with Crippen molar-refractivity contribution < 1.29 is 0 Å². The molecule has 2 aliphatic carbocycles. The van der Waals surface area contributed by atoms with Crippen LogP contribution in [0.4, 0.5) is 0 Å². The van der Waals surface area contributed by atoms with Gasteiger partial charge in [-0.1, -0.05) is 176 Å². The number of rotatable bonds is 4. The molecule has 3 nitrogen and oxygen atoms in total. The lowest BCUT2D eigenvalue weighted by Crippen LogP contribution is -2.26. The van der Waals surface area contributed by atoms with Crippen LogP contribution < -0.4 is 0 Å². The summed E-state index contributed by atoms with van der Waals surface area (Å²) >= 11 is 0. The molecule has 0 aliphatic heterocycles. The average Bonchev–Trinajstić information content (AvgIpc) is 3.69. The second kappa shape index (κ2) is 10.6. The fourth-order valence-corrected chi connectivity index (χ4v) is 8.80. The summed E-state index contributed by atoms with van der Waals surface area (Å²) in [5.41, 5.74) is 12.5. The van der Waals surface area contributed by atoms with Gasteiger partial charge >= 0.3 is 0 Å². The monoisotopic (exact) mass is 647 g/mol.